The van der Waals surface area contributed by atoms with Gasteiger partial charge in [0.05, 0.1) is 12.0 Å². The summed E-state index contributed by atoms with van der Waals surface area (Å²) in [6.07, 6.45) is 0. The molecule has 0 amide bonds. The number of carbonyl (C=O) groups excluding carboxylic acids is 1. The number of pyridine rings is 1. The van der Waals surface area contributed by atoms with Crippen molar-refractivity contribution in [2.75, 3.05) is 13.2 Å². The van der Waals surface area contributed by atoms with Crippen molar-refractivity contribution < 1.29 is 19.0 Å². The van der Waals surface area contributed by atoms with Crippen molar-refractivity contribution in [2.45, 2.75) is 13.5 Å². The van der Waals surface area contributed by atoms with Gasteiger partial charge >= 0.3 is 5.97 Å². The molecule has 0 spiro atoms. The van der Waals surface area contributed by atoms with E-state index in [1.807, 2.05) is 12.1 Å². The zero-order valence-corrected chi connectivity index (χ0v) is 16.2. The molecule has 2 aromatic heterocycles. The van der Waals surface area contributed by atoms with E-state index in [0.29, 0.717) is 28.3 Å². The molecule has 8 heteroatoms. The highest BCUT2D eigenvalue weighted by Crippen LogP contribution is 2.32. The molecule has 3 rings (SSSR count). The van der Waals surface area contributed by atoms with Crippen LogP contribution in [0.4, 0.5) is 0 Å². The van der Waals surface area contributed by atoms with Crippen LogP contribution < -0.4 is 9.47 Å². The number of halogens is 2. The Kier molecular flexibility index (Phi) is 6.19. The van der Waals surface area contributed by atoms with Crippen LogP contribution in [0.25, 0.3) is 10.2 Å². The smallest absolute Gasteiger partial charge is 0.344 e. The normalized spacial score (nSPS) is 10.7. The fourth-order valence-corrected chi connectivity index (χ4v) is 3.51. The van der Waals surface area contributed by atoms with E-state index < -0.39 is 5.97 Å². The number of benzene rings is 1. The van der Waals surface area contributed by atoms with Crippen LogP contribution in [0.5, 0.6) is 11.6 Å². The first-order valence-corrected chi connectivity index (χ1v) is 9.43. The van der Waals surface area contributed by atoms with Gasteiger partial charge in [-0.2, -0.15) is 0 Å². The minimum absolute atomic E-state index is 0.132. The third kappa shape index (κ3) is 4.58. The van der Waals surface area contributed by atoms with Crippen molar-refractivity contribution >= 4 is 50.7 Å². The Morgan fingerprint density at radius 1 is 1.19 bits per heavy atom. The number of rotatable bonds is 7. The van der Waals surface area contributed by atoms with Crippen molar-refractivity contribution in [2.24, 2.45) is 0 Å². The molecule has 0 aliphatic heterocycles. The van der Waals surface area contributed by atoms with E-state index in [9.17, 15) is 4.79 Å². The summed E-state index contributed by atoms with van der Waals surface area (Å²) in [5, 5.41) is 3.74. The molecule has 0 unspecified atom stereocenters. The van der Waals surface area contributed by atoms with Gasteiger partial charge < -0.3 is 14.2 Å². The summed E-state index contributed by atoms with van der Waals surface area (Å²) in [4.78, 5) is 16.6. The Labute approximate surface area is 164 Å². The van der Waals surface area contributed by atoms with E-state index in [4.69, 9.17) is 37.4 Å². The first-order chi connectivity index (χ1) is 12.6. The molecule has 136 valence electrons. The molecular formula is C18H15Cl2NO4S. The first-order valence-electron chi connectivity index (χ1n) is 7.80. The molecule has 0 aliphatic rings. The summed E-state index contributed by atoms with van der Waals surface area (Å²) in [6, 6.07) is 8.84. The van der Waals surface area contributed by atoms with Crippen molar-refractivity contribution in [1.82, 2.24) is 4.98 Å². The topological polar surface area (TPSA) is 57.7 Å². The predicted molar refractivity (Wildman–Crippen MR) is 103 cm³/mol. The Bertz CT molecular complexity index is 929. The zero-order chi connectivity index (χ0) is 18.5. The maximum atomic E-state index is 11.4. The molecule has 0 atom stereocenters. The van der Waals surface area contributed by atoms with Crippen LogP contribution in [0.15, 0.2) is 35.7 Å². The average molecular weight is 412 g/mol. The third-order valence-electron chi connectivity index (χ3n) is 3.42. The lowest BCUT2D eigenvalue weighted by Gasteiger charge is -2.08. The minimum Gasteiger partial charge on any atom is -0.480 e. The Balaban J connectivity index is 1.67. The highest BCUT2D eigenvalue weighted by molar-refractivity contribution is 7.17. The highest BCUT2D eigenvalue weighted by Gasteiger charge is 2.11. The number of fused-ring (bicyclic) bond motifs is 1. The van der Waals surface area contributed by atoms with Crippen molar-refractivity contribution in [3.05, 3.63) is 51.3 Å². The van der Waals surface area contributed by atoms with Crippen LogP contribution in [0.3, 0.4) is 0 Å². The molecule has 2 heterocycles. The summed E-state index contributed by atoms with van der Waals surface area (Å²) in [6.45, 7) is 2.23. The van der Waals surface area contributed by atoms with Crippen LogP contribution in [0.2, 0.25) is 10.0 Å². The van der Waals surface area contributed by atoms with Gasteiger partial charge in [-0.1, -0.05) is 29.3 Å². The average Bonchev–Trinajstić information content (AvgIpc) is 3.02. The quantitative estimate of drug-likeness (QED) is 0.504. The van der Waals surface area contributed by atoms with Crippen LogP contribution in [0.1, 0.15) is 12.5 Å². The zero-order valence-electron chi connectivity index (χ0n) is 13.8. The summed E-state index contributed by atoms with van der Waals surface area (Å²) >= 11 is 13.4. The van der Waals surface area contributed by atoms with Gasteiger partial charge in [0.2, 0.25) is 5.88 Å². The van der Waals surface area contributed by atoms with Crippen LogP contribution >= 0.6 is 34.5 Å². The number of hydrogen-bond donors (Lipinski definition) is 0. The number of esters is 1. The molecule has 0 bridgehead atoms. The van der Waals surface area contributed by atoms with Gasteiger partial charge in [0.15, 0.2) is 6.61 Å². The SMILES string of the molecule is CCOC(=O)COc1csc2nc(OCc3ccc(Cl)cc3Cl)ccc12. The number of aromatic nitrogens is 1. The molecular weight excluding hydrogens is 397 g/mol. The Morgan fingerprint density at radius 3 is 2.81 bits per heavy atom. The minimum atomic E-state index is -0.403. The summed E-state index contributed by atoms with van der Waals surface area (Å²) in [7, 11) is 0. The van der Waals surface area contributed by atoms with E-state index in [-0.39, 0.29) is 13.2 Å². The fraction of sp³-hybridized carbons (Fsp3) is 0.222. The van der Waals surface area contributed by atoms with Gasteiger partial charge in [-0.15, -0.1) is 11.3 Å². The van der Waals surface area contributed by atoms with Crippen molar-refractivity contribution in [1.29, 1.82) is 0 Å². The van der Waals surface area contributed by atoms with Gasteiger partial charge in [-0.05, 0) is 25.1 Å². The largest absolute Gasteiger partial charge is 0.480 e. The van der Waals surface area contributed by atoms with Gasteiger partial charge in [-0.3, -0.25) is 0 Å². The third-order valence-corrected chi connectivity index (χ3v) is 4.87. The molecule has 3 aromatic rings. The molecule has 0 radical (unpaired) electrons. The predicted octanol–water partition coefficient (Wildman–Crippen LogP) is 5.12. The second kappa shape index (κ2) is 8.58. The number of carbonyl (C=O) groups is 1. The second-order valence-corrected chi connectivity index (χ2v) is 6.92. The summed E-state index contributed by atoms with van der Waals surface area (Å²) in [5.41, 5.74) is 0.822. The van der Waals surface area contributed by atoms with Crippen LogP contribution in [-0.2, 0) is 16.1 Å². The van der Waals surface area contributed by atoms with E-state index in [0.717, 1.165) is 15.8 Å². The van der Waals surface area contributed by atoms with Gasteiger partial charge in [-0.25, -0.2) is 9.78 Å². The van der Waals surface area contributed by atoms with Crippen molar-refractivity contribution in [3.63, 3.8) is 0 Å². The number of hydrogen-bond acceptors (Lipinski definition) is 6. The van der Waals surface area contributed by atoms with E-state index in [1.165, 1.54) is 11.3 Å². The summed E-state index contributed by atoms with van der Waals surface area (Å²) < 4.78 is 16.1. The molecule has 0 saturated heterocycles. The van der Waals surface area contributed by atoms with E-state index in [2.05, 4.69) is 4.98 Å². The fourth-order valence-electron chi connectivity index (χ4n) is 2.20. The monoisotopic (exact) mass is 411 g/mol. The number of ether oxygens (including phenoxy) is 3. The standard InChI is InChI=1S/C18H15Cl2NO4S/c1-2-23-17(22)9-24-15-10-26-18-13(15)5-6-16(21-18)25-8-11-3-4-12(19)7-14(11)20/h3-7,10H,2,8-9H2,1H3. The van der Waals surface area contributed by atoms with Crippen LogP contribution in [0, 0.1) is 0 Å². The maximum absolute atomic E-state index is 11.4. The molecule has 26 heavy (non-hydrogen) atoms. The number of nitrogens with zero attached hydrogens (tertiary/aromatic N) is 1. The molecule has 5 nitrogen and oxygen atoms in total. The molecule has 0 fully saturated rings. The number of thiophene rings is 1. The van der Waals surface area contributed by atoms with E-state index >= 15 is 0 Å². The van der Waals surface area contributed by atoms with Crippen LogP contribution in [-0.4, -0.2) is 24.2 Å². The van der Waals surface area contributed by atoms with Gasteiger partial charge in [0, 0.05) is 27.1 Å². The highest BCUT2D eigenvalue weighted by atomic mass is 35.5. The lowest BCUT2D eigenvalue weighted by Crippen LogP contribution is -2.14. The van der Waals surface area contributed by atoms with Crippen molar-refractivity contribution in [3.8, 4) is 11.6 Å². The Hall–Kier alpha value is -2.02. The van der Waals surface area contributed by atoms with E-state index in [1.54, 1.807) is 30.5 Å². The van der Waals surface area contributed by atoms with Gasteiger partial charge in [0.25, 0.3) is 0 Å². The molecule has 0 N–H and O–H groups in total. The Morgan fingerprint density at radius 2 is 2.04 bits per heavy atom. The molecule has 0 aliphatic carbocycles. The molecule has 1 aromatic carbocycles. The molecule has 0 saturated carbocycles. The first kappa shape index (κ1) is 18.8. The van der Waals surface area contributed by atoms with Gasteiger partial charge in [0.1, 0.15) is 17.2 Å². The maximum Gasteiger partial charge on any atom is 0.344 e. The lowest BCUT2D eigenvalue weighted by molar-refractivity contribution is -0.145. The lowest BCUT2D eigenvalue weighted by atomic mass is 10.2. The summed E-state index contributed by atoms with van der Waals surface area (Å²) in [5.74, 6) is 0.666. The second-order valence-electron chi connectivity index (χ2n) is 5.22.